The van der Waals surface area contributed by atoms with E-state index in [2.05, 4.69) is 11.8 Å². The van der Waals surface area contributed by atoms with Crippen molar-refractivity contribution in [1.82, 2.24) is 9.97 Å². The third-order valence-corrected chi connectivity index (χ3v) is 8.33. The fourth-order valence-corrected chi connectivity index (χ4v) is 5.94. The molecule has 4 rings (SSSR count). The van der Waals surface area contributed by atoms with E-state index in [9.17, 15) is 13.5 Å². The lowest BCUT2D eigenvalue weighted by atomic mass is 9.71. The van der Waals surface area contributed by atoms with Gasteiger partial charge in [0.05, 0.1) is 22.9 Å². The van der Waals surface area contributed by atoms with Gasteiger partial charge in [-0.25, -0.2) is 18.4 Å². The summed E-state index contributed by atoms with van der Waals surface area (Å²) in [5.74, 6) is 1.55. The maximum absolute atomic E-state index is 11.9. The summed E-state index contributed by atoms with van der Waals surface area (Å²) in [5, 5.41) is 10.0. The van der Waals surface area contributed by atoms with E-state index >= 15 is 0 Å². The predicted octanol–water partition coefficient (Wildman–Crippen LogP) is 3.75. The van der Waals surface area contributed by atoms with Crippen molar-refractivity contribution in [2.24, 2.45) is 11.3 Å². The lowest BCUT2D eigenvalue weighted by Crippen LogP contribution is -2.42. The maximum Gasteiger partial charge on any atom is 0.175 e. The third kappa shape index (κ3) is 3.85. The second-order valence-electron chi connectivity index (χ2n) is 9.03. The molecule has 1 spiro atoms. The van der Waals surface area contributed by atoms with Gasteiger partial charge < -0.3 is 10.0 Å². The topological polar surface area (TPSA) is 83.4 Å². The molecule has 1 saturated heterocycles. The standard InChI is InChI=1S/C23H31N3O3S/c1-16-6-5-9-23(16)10-12-26(13-11-23)22-20(15-27)25-21(17(2)24-22)18-7-4-8-19(14-18)30(3,28)29/h4,7-8,14,16,27H,5-6,9-13,15H2,1-3H3/t16-/m1/s1. The summed E-state index contributed by atoms with van der Waals surface area (Å²) >= 11 is 0. The summed E-state index contributed by atoms with van der Waals surface area (Å²) in [4.78, 5) is 12.1. The molecule has 1 N–H and O–H groups in total. The zero-order valence-electron chi connectivity index (χ0n) is 18.1. The molecular weight excluding hydrogens is 398 g/mol. The molecule has 2 aliphatic rings. The third-order valence-electron chi connectivity index (χ3n) is 7.22. The second kappa shape index (κ2) is 7.93. The zero-order valence-corrected chi connectivity index (χ0v) is 18.9. The zero-order chi connectivity index (χ0) is 21.5. The number of nitrogens with zero attached hydrogens (tertiary/aromatic N) is 3. The molecule has 1 saturated carbocycles. The van der Waals surface area contributed by atoms with Gasteiger partial charge in [-0.05, 0) is 49.7 Å². The van der Waals surface area contributed by atoms with Gasteiger partial charge in [-0.15, -0.1) is 0 Å². The molecule has 30 heavy (non-hydrogen) atoms. The fraction of sp³-hybridized carbons (Fsp3) is 0.565. The molecule has 0 amide bonds. The molecule has 0 unspecified atom stereocenters. The van der Waals surface area contributed by atoms with Gasteiger partial charge in [0, 0.05) is 24.9 Å². The van der Waals surface area contributed by atoms with Crippen LogP contribution in [0.3, 0.4) is 0 Å². The first-order chi connectivity index (χ1) is 14.2. The lowest BCUT2D eigenvalue weighted by molar-refractivity contribution is 0.161. The first kappa shape index (κ1) is 21.2. The van der Waals surface area contributed by atoms with Gasteiger partial charge in [-0.1, -0.05) is 31.9 Å². The van der Waals surface area contributed by atoms with E-state index in [1.54, 1.807) is 18.2 Å². The summed E-state index contributed by atoms with van der Waals surface area (Å²) < 4.78 is 23.9. The number of aliphatic hydroxyl groups excluding tert-OH is 1. The molecule has 1 aliphatic carbocycles. The van der Waals surface area contributed by atoms with Gasteiger partial charge in [0.1, 0.15) is 5.69 Å². The Morgan fingerprint density at radius 1 is 1.20 bits per heavy atom. The molecule has 1 aromatic heterocycles. The SMILES string of the molecule is Cc1nc(N2CCC3(CCC[C@H]3C)CC2)c(CO)nc1-c1cccc(S(C)(=O)=O)c1. The largest absolute Gasteiger partial charge is 0.390 e. The van der Waals surface area contributed by atoms with Crippen LogP contribution in [0.15, 0.2) is 29.2 Å². The van der Waals surface area contributed by atoms with E-state index < -0.39 is 9.84 Å². The Labute approximate surface area is 179 Å². The Morgan fingerprint density at radius 2 is 1.93 bits per heavy atom. The Hall–Kier alpha value is -1.99. The van der Waals surface area contributed by atoms with Crippen LogP contribution in [0.5, 0.6) is 0 Å². The number of piperidine rings is 1. The van der Waals surface area contributed by atoms with Crippen LogP contribution in [-0.2, 0) is 16.4 Å². The summed E-state index contributed by atoms with van der Waals surface area (Å²) in [5.41, 5.74) is 3.08. The number of aryl methyl sites for hydroxylation is 1. The van der Waals surface area contributed by atoms with Crippen molar-refractivity contribution in [1.29, 1.82) is 0 Å². The number of hydrogen-bond acceptors (Lipinski definition) is 6. The van der Waals surface area contributed by atoms with Crippen molar-refractivity contribution in [3.63, 3.8) is 0 Å². The molecule has 1 aliphatic heterocycles. The molecule has 7 heteroatoms. The maximum atomic E-state index is 11.9. The van der Waals surface area contributed by atoms with Gasteiger partial charge in [0.25, 0.3) is 0 Å². The highest BCUT2D eigenvalue weighted by Crippen LogP contribution is 2.50. The number of anilines is 1. The van der Waals surface area contributed by atoms with Gasteiger partial charge in [0.15, 0.2) is 15.7 Å². The summed E-state index contributed by atoms with van der Waals surface area (Å²) in [7, 11) is -3.31. The van der Waals surface area contributed by atoms with Crippen LogP contribution in [0, 0.1) is 18.3 Å². The van der Waals surface area contributed by atoms with Crippen LogP contribution in [0.25, 0.3) is 11.3 Å². The molecule has 2 fully saturated rings. The highest BCUT2D eigenvalue weighted by Gasteiger charge is 2.42. The quantitative estimate of drug-likeness (QED) is 0.797. The summed E-state index contributed by atoms with van der Waals surface area (Å²) in [6.45, 7) is 5.97. The van der Waals surface area contributed by atoms with Crippen molar-refractivity contribution < 1.29 is 13.5 Å². The van der Waals surface area contributed by atoms with E-state index in [0.717, 1.165) is 43.4 Å². The highest BCUT2D eigenvalue weighted by molar-refractivity contribution is 7.90. The number of aliphatic hydroxyl groups is 1. The Balaban J connectivity index is 1.64. The average molecular weight is 430 g/mol. The molecule has 0 bridgehead atoms. The highest BCUT2D eigenvalue weighted by atomic mass is 32.2. The minimum atomic E-state index is -3.31. The number of rotatable bonds is 4. The molecule has 0 radical (unpaired) electrons. The molecule has 2 heterocycles. The van der Waals surface area contributed by atoms with E-state index in [-0.39, 0.29) is 11.5 Å². The molecular formula is C23H31N3O3S. The Kier molecular flexibility index (Phi) is 5.62. The molecule has 6 nitrogen and oxygen atoms in total. The number of aromatic nitrogens is 2. The van der Waals surface area contributed by atoms with E-state index in [4.69, 9.17) is 9.97 Å². The lowest BCUT2D eigenvalue weighted by Gasteiger charge is -2.43. The fourth-order valence-electron chi connectivity index (χ4n) is 5.27. The monoisotopic (exact) mass is 429 g/mol. The molecule has 162 valence electrons. The van der Waals surface area contributed by atoms with Crippen LogP contribution >= 0.6 is 0 Å². The van der Waals surface area contributed by atoms with Gasteiger partial charge in [-0.3, -0.25) is 0 Å². The smallest absolute Gasteiger partial charge is 0.175 e. The molecule has 1 aromatic carbocycles. The number of hydrogen-bond donors (Lipinski definition) is 1. The number of sulfone groups is 1. The molecule has 1 atom stereocenters. The first-order valence-electron chi connectivity index (χ1n) is 10.8. The van der Waals surface area contributed by atoms with Crippen molar-refractivity contribution in [3.05, 3.63) is 35.7 Å². The summed E-state index contributed by atoms with van der Waals surface area (Å²) in [6.07, 6.45) is 7.53. The van der Waals surface area contributed by atoms with Crippen LogP contribution in [-0.4, -0.2) is 42.8 Å². The van der Waals surface area contributed by atoms with Gasteiger partial charge >= 0.3 is 0 Å². The Bertz CT molecular complexity index is 1040. The summed E-state index contributed by atoms with van der Waals surface area (Å²) in [6, 6.07) is 6.75. The van der Waals surface area contributed by atoms with E-state index in [1.165, 1.54) is 25.5 Å². The van der Waals surface area contributed by atoms with Crippen LogP contribution in [0.1, 0.15) is 50.4 Å². The minimum absolute atomic E-state index is 0.195. The molecule has 2 aromatic rings. The average Bonchev–Trinajstić information content (AvgIpc) is 3.07. The van der Waals surface area contributed by atoms with Crippen LogP contribution in [0.4, 0.5) is 5.82 Å². The first-order valence-corrected chi connectivity index (χ1v) is 12.7. The second-order valence-corrected chi connectivity index (χ2v) is 11.0. The normalized spacial score (nSPS) is 21.3. The van der Waals surface area contributed by atoms with Crippen molar-refractivity contribution in [2.45, 2.75) is 57.5 Å². The predicted molar refractivity (Wildman–Crippen MR) is 118 cm³/mol. The van der Waals surface area contributed by atoms with Crippen molar-refractivity contribution >= 4 is 15.7 Å². The Morgan fingerprint density at radius 3 is 2.53 bits per heavy atom. The minimum Gasteiger partial charge on any atom is -0.390 e. The van der Waals surface area contributed by atoms with Gasteiger partial charge in [0.2, 0.25) is 0 Å². The van der Waals surface area contributed by atoms with Crippen LogP contribution in [0.2, 0.25) is 0 Å². The van der Waals surface area contributed by atoms with E-state index in [0.29, 0.717) is 22.4 Å². The van der Waals surface area contributed by atoms with E-state index in [1.807, 2.05) is 13.0 Å². The van der Waals surface area contributed by atoms with Crippen molar-refractivity contribution in [3.8, 4) is 11.3 Å². The number of benzene rings is 1. The van der Waals surface area contributed by atoms with Gasteiger partial charge in [-0.2, -0.15) is 0 Å². The van der Waals surface area contributed by atoms with Crippen molar-refractivity contribution in [2.75, 3.05) is 24.2 Å². The van der Waals surface area contributed by atoms with Crippen LogP contribution < -0.4 is 4.90 Å².